The van der Waals surface area contributed by atoms with Gasteiger partial charge in [0.2, 0.25) is 11.8 Å². The van der Waals surface area contributed by atoms with Gasteiger partial charge in [-0.05, 0) is 40.0 Å². The Hall–Kier alpha value is -2.44. The Morgan fingerprint density at radius 3 is 2.18 bits per heavy atom. The lowest BCUT2D eigenvalue weighted by molar-refractivity contribution is -0.140. The molecule has 1 atom stereocenters. The summed E-state index contributed by atoms with van der Waals surface area (Å²) in [5.41, 5.74) is -0.710. The molecule has 0 aromatic carbocycles. The minimum absolute atomic E-state index is 0.0226. The zero-order chi connectivity index (χ0) is 25.8. The van der Waals surface area contributed by atoms with Crippen LogP contribution in [0.2, 0.25) is 0 Å². The van der Waals surface area contributed by atoms with Gasteiger partial charge in [-0.3, -0.25) is 14.4 Å². The predicted molar refractivity (Wildman–Crippen MR) is 123 cm³/mol. The van der Waals surface area contributed by atoms with Crippen molar-refractivity contribution in [3.63, 3.8) is 0 Å². The Morgan fingerprint density at radius 2 is 1.53 bits per heavy atom. The molecule has 0 spiro atoms. The van der Waals surface area contributed by atoms with Crippen LogP contribution >= 0.6 is 0 Å². The summed E-state index contributed by atoms with van der Waals surface area (Å²) in [5, 5.41) is 7.90. The second-order valence-corrected chi connectivity index (χ2v) is 8.32. The van der Waals surface area contributed by atoms with Gasteiger partial charge in [0, 0.05) is 20.2 Å². The van der Waals surface area contributed by atoms with Crippen LogP contribution < -0.4 is 16.0 Å². The van der Waals surface area contributed by atoms with Crippen LogP contribution in [0.3, 0.4) is 0 Å². The van der Waals surface area contributed by atoms with E-state index in [1.807, 2.05) is 0 Å². The Morgan fingerprint density at radius 1 is 0.853 bits per heavy atom. The fraction of sp³-hybridized carbons (Fsp3) is 0.818. The van der Waals surface area contributed by atoms with Gasteiger partial charge in [-0.1, -0.05) is 0 Å². The van der Waals surface area contributed by atoms with Crippen LogP contribution in [0.4, 0.5) is 4.79 Å². The molecule has 0 aromatic rings. The summed E-state index contributed by atoms with van der Waals surface area (Å²) in [6.45, 7) is 7.24. The number of ether oxygens (including phenoxy) is 5. The van der Waals surface area contributed by atoms with Crippen LogP contribution in [0.5, 0.6) is 0 Å². The number of amides is 3. The van der Waals surface area contributed by atoms with Gasteiger partial charge in [0.15, 0.2) is 0 Å². The fourth-order valence-corrected chi connectivity index (χ4v) is 2.51. The standard InChI is InChI=1S/C22H41N3O9/c1-22(2,3)34-21(29)25-17(20(28)24-11-9-19(27)31-5)8-6-7-10-23-18(26)16-33-15-14-32-13-12-30-4/h17H,6-16H2,1-5H3,(H,23,26)(H,24,28)(H,25,29)/t17-/m0/s1. The largest absolute Gasteiger partial charge is 0.469 e. The highest BCUT2D eigenvalue weighted by atomic mass is 16.6. The Balaban J connectivity index is 4.29. The van der Waals surface area contributed by atoms with Crippen molar-refractivity contribution in [3.8, 4) is 0 Å². The van der Waals surface area contributed by atoms with E-state index >= 15 is 0 Å². The highest BCUT2D eigenvalue weighted by Gasteiger charge is 2.24. The van der Waals surface area contributed by atoms with E-state index in [9.17, 15) is 19.2 Å². The molecule has 3 N–H and O–H groups in total. The molecule has 0 aliphatic heterocycles. The van der Waals surface area contributed by atoms with Crippen molar-refractivity contribution in [2.75, 3.05) is 60.3 Å². The average molecular weight is 492 g/mol. The quantitative estimate of drug-likeness (QED) is 0.184. The van der Waals surface area contributed by atoms with Crippen molar-refractivity contribution in [1.29, 1.82) is 0 Å². The number of nitrogens with one attached hydrogen (secondary N) is 3. The van der Waals surface area contributed by atoms with E-state index in [4.69, 9.17) is 18.9 Å². The zero-order valence-corrected chi connectivity index (χ0v) is 21.0. The van der Waals surface area contributed by atoms with Crippen molar-refractivity contribution < 1.29 is 42.9 Å². The maximum atomic E-state index is 12.5. The number of rotatable bonds is 18. The number of carbonyl (C=O) groups excluding carboxylic acids is 4. The summed E-state index contributed by atoms with van der Waals surface area (Å²) in [7, 11) is 2.85. The minimum atomic E-state index is -0.843. The molecule has 3 amide bonds. The molecule has 0 aliphatic rings. The van der Waals surface area contributed by atoms with Gasteiger partial charge in [-0.25, -0.2) is 4.79 Å². The first-order valence-electron chi connectivity index (χ1n) is 11.3. The molecule has 0 fully saturated rings. The van der Waals surface area contributed by atoms with Crippen LogP contribution in [0.25, 0.3) is 0 Å². The Bertz CT molecular complexity index is 609. The van der Waals surface area contributed by atoms with Gasteiger partial charge < -0.3 is 39.6 Å². The van der Waals surface area contributed by atoms with Gasteiger partial charge in [0.05, 0.1) is 40.0 Å². The summed E-state index contributed by atoms with van der Waals surface area (Å²) in [5.74, 6) is -1.13. The van der Waals surface area contributed by atoms with Crippen molar-refractivity contribution in [2.24, 2.45) is 0 Å². The Kier molecular flexibility index (Phi) is 17.6. The van der Waals surface area contributed by atoms with Crippen molar-refractivity contribution in [2.45, 2.75) is 58.1 Å². The summed E-state index contributed by atoms with van der Waals surface area (Å²) >= 11 is 0. The number of esters is 1. The molecule has 0 rings (SSSR count). The lowest BCUT2D eigenvalue weighted by atomic mass is 10.1. The summed E-state index contributed by atoms with van der Waals surface area (Å²) in [4.78, 5) is 47.6. The predicted octanol–water partition coefficient (Wildman–Crippen LogP) is 0.525. The first-order valence-corrected chi connectivity index (χ1v) is 11.3. The normalized spacial score (nSPS) is 11.9. The topological polar surface area (TPSA) is 151 Å². The number of alkyl carbamates (subject to hydrolysis) is 1. The van der Waals surface area contributed by atoms with Crippen LogP contribution in [0, 0.1) is 0 Å². The van der Waals surface area contributed by atoms with Gasteiger partial charge in [-0.15, -0.1) is 0 Å². The molecular formula is C22H41N3O9. The van der Waals surface area contributed by atoms with Crippen LogP contribution in [0.1, 0.15) is 46.5 Å². The third-order valence-corrected chi connectivity index (χ3v) is 4.14. The summed E-state index contributed by atoms with van der Waals surface area (Å²) in [6.07, 6.45) is 0.786. The monoisotopic (exact) mass is 491 g/mol. The second kappa shape index (κ2) is 18.9. The maximum absolute atomic E-state index is 12.5. The van der Waals surface area contributed by atoms with Crippen LogP contribution in [0.15, 0.2) is 0 Å². The number of hydrogen-bond acceptors (Lipinski definition) is 9. The average Bonchev–Trinajstić information content (AvgIpc) is 2.75. The van der Waals surface area contributed by atoms with Crippen LogP contribution in [-0.4, -0.2) is 95.9 Å². The van der Waals surface area contributed by atoms with E-state index in [1.165, 1.54) is 7.11 Å². The molecule has 198 valence electrons. The molecule has 0 radical (unpaired) electrons. The third-order valence-electron chi connectivity index (χ3n) is 4.14. The highest BCUT2D eigenvalue weighted by molar-refractivity contribution is 5.86. The minimum Gasteiger partial charge on any atom is -0.469 e. The molecule has 0 aliphatic carbocycles. The zero-order valence-electron chi connectivity index (χ0n) is 21.0. The molecule has 0 saturated carbocycles. The number of hydrogen-bond donors (Lipinski definition) is 3. The molecule has 12 nitrogen and oxygen atoms in total. The fourth-order valence-electron chi connectivity index (χ4n) is 2.51. The maximum Gasteiger partial charge on any atom is 0.408 e. The second-order valence-electron chi connectivity index (χ2n) is 8.32. The lowest BCUT2D eigenvalue weighted by Gasteiger charge is -2.23. The van der Waals surface area contributed by atoms with E-state index in [0.29, 0.717) is 52.2 Å². The van der Waals surface area contributed by atoms with Crippen molar-refractivity contribution in [3.05, 3.63) is 0 Å². The van der Waals surface area contributed by atoms with Gasteiger partial charge in [0.25, 0.3) is 0 Å². The number of methoxy groups -OCH3 is 2. The number of carbonyl (C=O) groups is 4. The molecule has 0 saturated heterocycles. The molecular weight excluding hydrogens is 450 g/mol. The highest BCUT2D eigenvalue weighted by Crippen LogP contribution is 2.08. The number of unbranched alkanes of at least 4 members (excludes halogenated alkanes) is 1. The SMILES string of the molecule is COCCOCCOCC(=O)NCCCC[C@H](NC(=O)OC(C)(C)C)C(=O)NCCC(=O)OC. The van der Waals surface area contributed by atoms with Crippen molar-refractivity contribution >= 4 is 23.9 Å². The van der Waals surface area contributed by atoms with Gasteiger partial charge in [0.1, 0.15) is 18.2 Å². The van der Waals surface area contributed by atoms with Crippen molar-refractivity contribution in [1.82, 2.24) is 16.0 Å². The summed E-state index contributed by atoms with van der Waals surface area (Å²) in [6, 6.07) is -0.843. The van der Waals surface area contributed by atoms with E-state index in [-0.39, 0.29) is 25.5 Å². The van der Waals surface area contributed by atoms with E-state index in [0.717, 1.165) is 0 Å². The first-order chi connectivity index (χ1) is 16.1. The van der Waals surface area contributed by atoms with Gasteiger partial charge in [-0.2, -0.15) is 0 Å². The van der Waals surface area contributed by atoms with E-state index in [1.54, 1.807) is 27.9 Å². The molecule has 34 heavy (non-hydrogen) atoms. The first kappa shape index (κ1) is 31.6. The van der Waals surface area contributed by atoms with Crippen LogP contribution in [-0.2, 0) is 38.1 Å². The molecule has 0 unspecified atom stereocenters. The Labute approximate surface area is 201 Å². The molecule has 12 heteroatoms. The smallest absolute Gasteiger partial charge is 0.408 e. The summed E-state index contributed by atoms with van der Waals surface area (Å²) < 4.78 is 25.1. The molecule has 0 heterocycles. The van der Waals surface area contributed by atoms with E-state index in [2.05, 4.69) is 20.7 Å². The van der Waals surface area contributed by atoms with E-state index < -0.39 is 29.6 Å². The molecule has 0 aromatic heterocycles. The molecule has 0 bridgehead atoms. The third kappa shape index (κ3) is 19.1. The van der Waals surface area contributed by atoms with Gasteiger partial charge >= 0.3 is 12.1 Å². The lowest BCUT2D eigenvalue weighted by Crippen LogP contribution is -2.48.